The highest BCUT2D eigenvalue weighted by atomic mass is 16.5. The Kier molecular flexibility index (Phi) is 2.78. The van der Waals surface area contributed by atoms with Crippen molar-refractivity contribution in [2.24, 2.45) is 4.99 Å². The first-order chi connectivity index (χ1) is 10.4. The van der Waals surface area contributed by atoms with Crippen LogP contribution >= 0.6 is 0 Å². The van der Waals surface area contributed by atoms with Crippen LogP contribution in [0.4, 0.5) is 5.82 Å². The van der Waals surface area contributed by atoms with Crippen LogP contribution in [0.15, 0.2) is 47.5 Å². The Balaban J connectivity index is 2.00. The molecule has 1 aromatic heterocycles. The maximum atomic E-state index is 5.35. The fraction of sp³-hybridized carbons (Fsp3) is 0.167. The van der Waals surface area contributed by atoms with Gasteiger partial charge in [-0.3, -0.25) is 0 Å². The van der Waals surface area contributed by atoms with Gasteiger partial charge in [-0.05, 0) is 42.2 Å². The van der Waals surface area contributed by atoms with Crippen LogP contribution in [0.2, 0.25) is 0 Å². The SMILES string of the molecule is COc1cccc(-c2cccc3[nH]c4c(c23)CCC=N4)c1. The summed E-state index contributed by atoms with van der Waals surface area (Å²) >= 11 is 0. The number of aliphatic imine (C=N–C) groups is 1. The molecule has 0 radical (unpaired) electrons. The number of methoxy groups -OCH3 is 1. The van der Waals surface area contributed by atoms with Gasteiger partial charge in [0.25, 0.3) is 0 Å². The molecule has 0 bridgehead atoms. The Bertz CT molecular complexity index is 846. The number of H-pyrrole nitrogens is 1. The van der Waals surface area contributed by atoms with Gasteiger partial charge in [0.05, 0.1) is 7.11 Å². The fourth-order valence-electron chi connectivity index (χ4n) is 3.05. The van der Waals surface area contributed by atoms with E-state index in [4.69, 9.17) is 4.74 Å². The van der Waals surface area contributed by atoms with Crippen molar-refractivity contribution in [3.8, 4) is 16.9 Å². The van der Waals surface area contributed by atoms with Crippen molar-refractivity contribution in [3.05, 3.63) is 48.0 Å². The first kappa shape index (κ1) is 12.2. The fourth-order valence-corrected chi connectivity index (χ4v) is 3.05. The van der Waals surface area contributed by atoms with Crippen LogP contribution < -0.4 is 4.74 Å². The van der Waals surface area contributed by atoms with E-state index in [1.54, 1.807) is 7.11 Å². The number of rotatable bonds is 2. The molecule has 3 heteroatoms. The third kappa shape index (κ3) is 1.93. The van der Waals surface area contributed by atoms with E-state index in [1.807, 2.05) is 18.3 Å². The van der Waals surface area contributed by atoms with Gasteiger partial charge in [0, 0.05) is 22.7 Å². The summed E-state index contributed by atoms with van der Waals surface area (Å²) in [6.07, 6.45) is 4.04. The molecule has 2 aromatic carbocycles. The molecule has 4 rings (SSSR count). The number of hydrogen-bond donors (Lipinski definition) is 1. The minimum absolute atomic E-state index is 0.881. The lowest BCUT2D eigenvalue weighted by molar-refractivity contribution is 0.415. The molecule has 3 aromatic rings. The molecule has 104 valence electrons. The van der Waals surface area contributed by atoms with E-state index >= 15 is 0 Å². The van der Waals surface area contributed by atoms with Crippen molar-refractivity contribution in [2.75, 3.05) is 7.11 Å². The van der Waals surface area contributed by atoms with Gasteiger partial charge < -0.3 is 9.72 Å². The third-order valence-electron chi connectivity index (χ3n) is 4.03. The number of nitrogens with zero attached hydrogens (tertiary/aromatic N) is 1. The van der Waals surface area contributed by atoms with Crippen molar-refractivity contribution in [3.63, 3.8) is 0 Å². The average molecular weight is 276 g/mol. The number of nitrogens with one attached hydrogen (secondary N) is 1. The molecule has 1 aliphatic heterocycles. The summed E-state index contributed by atoms with van der Waals surface area (Å²) in [6, 6.07) is 14.6. The van der Waals surface area contributed by atoms with E-state index in [1.165, 1.54) is 22.1 Å². The molecule has 0 unspecified atom stereocenters. The van der Waals surface area contributed by atoms with Gasteiger partial charge in [0.15, 0.2) is 0 Å². The average Bonchev–Trinajstić information content (AvgIpc) is 2.93. The van der Waals surface area contributed by atoms with E-state index in [9.17, 15) is 0 Å². The predicted molar refractivity (Wildman–Crippen MR) is 86.8 cm³/mol. The zero-order valence-corrected chi connectivity index (χ0v) is 11.9. The standard InChI is InChI=1S/C18H16N2O/c1-21-13-6-2-5-12(11-13)14-7-3-9-16-17(14)15-8-4-10-19-18(15)20-16/h2-3,5-7,9-11,20H,4,8H2,1H3. The molecule has 1 aliphatic rings. The molecule has 3 nitrogen and oxygen atoms in total. The monoisotopic (exact) mass is 276 g/mol. The smallest absolute Gasteiger partial charge is 0.133 e. The van der Waals surface area contributed by atoms with Crippen molar-refractivity contribution < 1.29 is 4.74 Å². The molecule has 0 aliphatic carbocycles. The molecule has 1 N–H and O–H groups in total. The van der Waals surface area contributed by atoms with Crippen molar-refractivity contribution in [1.82, 2.24) is 4.98 Å². The largest absolute Gasteiger partial charge is 0.497 e. The summed E-state index contributed by atoms with van der Waals surface area (Å²) in [6.45, 7) is 0. The van der Waals surface area contributed by atoms with Gasteiger partial charge in [-0.25, -0.2) is 4.99 Å². The van der Waals surface area contributed by atoms with E-state index in [2.05, 4.69) is 40.3 Å². The van der Waals surface area contributed by atoms with E-state index in [0.29, 0.717) is 0 Å². The first-order valence-electron chi connectivity index (χ1n) is 7.17. The van der Waals surface area contributed by atoms with E-state index < -0.39 is 0 Å². The van der Waals surface area contributed by atoms with Gasteiger partial charge in [-0.1, -0.05) is 24.3 Å². The third-order valence-corrected chi connectivity index (χ3v) is 4.03. The Morgan fingerprint density at radius 1 is 1.14 bits per heavy atom. The Labute approximate surface area is 123 Å². The van der Waals surface area contributed by atoms with E-state index in [0.717, 1.165) is 29.9 Å². The maximum Gasteiger partial charge on any atom is 0.133 e. The lowest BCUT2D eigenvalue weighted by Crippen LogP contribution is -1.92. The normalized spacial score (nSPS) is 13.4. The summed E-state index contributed by atoms with van der Waals surface area (Å²) in [4.78, 5) is 7.92. The summed E-state index contributed by atoms with van der Waals surface area (Å²) in [7, 11) is 1.70. The molecule has 0 spiro atoms. The van der Waals surface area contributed by atoms with Gasteiger partial charge in [-0.2, -0.15) is 0 Å². The second-order valence-electron chi connectivity index (χ2n) is 5.26. The number of ether oxygens (including phenoxy) is 1. The Hall–Kier alpha value is -2.55. The van der Waals surface area contributed by atoms with Crippen LogP contribution in [-0.4, -0.2) is 18.3 Å². The zero-order valence-electron chi connectivity index (χ0n) is 11.9. The predicted octanol–water partition coefficient (Wildman–Crippen LogP) is 4.49. The van der Waals surface area contributed by atoms with Crippen molar-refractivity contribution in [2.45, 2.75) is 12.8 Å². The van der Waals surface area contributed by atoms with Gasteiger partial charge in [0.2, 0.25) is 0 Å². The second-order valence-corrected chi connectivity index (χ2v) is 5.26. The minimum Gasteiger partial charge on any atom is -0.497 e. The van der Waals surface area contributed by atoms with Crippen molar-refractivity contribution >= 4 is 22.9 Å². The Morgan fingerprint density at radius 2 is 2.05 bits per heavy atom. The lowest BCUT2D eigenvalue weighted by atomic mass is 9.96. The molecular weight excluding hydrogens is 260 g/mol. The number of hydrogen-bond acceptors (Lipinski definition) is 2. The number of fused-ring (bicyclic) bond motifs is 3. The molecule has 0 saturated heterocycles. The summed E-state index contributed by atoms with van der Waals surface area (Å²) < 4.78 is 5.35. The zero-order chi connectivity index (χ0) is 14.2. The summed E-state index contributed by atoms with van der Waals surface area (Å²) in [5, 5.41) is 1.29. The molecule has 2 heterocycles. The van der Waals surface area contributed by atoms with Gasteiger partial charge in [0.1, 0.15) is 11.6 Å². The van der Waals surface area contributed by atoms with Crippen LogP contribution in [0.3, 0.4) is 0 Å². The quantitative estimate of drug-likeness (QED) is 0.735. The van der Waals surface area contributed by atoms with Gasteiger partial charge in [-0.15, -0.1) is 0 Å². The number of aromatic amines is 1. The van der Waals surface area contributed by atoms with Gasteiger partial charge >= 0.3 is 0 Å². The molecule has 0 fully saturated rings. The van der Waals surface area contributed by atoms with Crippen LogP contribution in [0.5, 0.6) is 5.75 Å². The highest BCUT2D eigenvalue weighted by molar-refractivity contribution is 6.01. The minimum atomic E-state index is 0.881. The number of aryl methyl sites for hydroxylation is 1. The molecule has 0 saturated carbocycles. The Morgan fingerprint density at radius 3 is 2.95 bits per heavy atom. The first-order valence-corrected chi connectivity index (χ1v) is 7.17. The topological polar surface area (TPSA) is 37.4 Å². The molecule has 21 heavy (non-hydrogen) atoms. The van der Waals surface area contributed by atoms with Crippen LogP contribution in [0, 0.1) is 0 Å². The highest BCUT2D eigenvalue weighted by Gasteiger charge is 2.16. The number of aromatic nitrogens is 1. The van der Waals surface area contributed by atoms with E-state index in [-0.39, 0.29) is 0 Å². The maximum absolute atomic E-state index is 5.35. The lowest BCUT2D eigenvalue weighted by Gasteiger charge is -2.09. The van der Waals surface area contributed by atoms with Crippen LogP contribution in [-0.2, 0) is 6.42 Å². The summed E-state index contributed by atoms with van der Waals surface area (Å²) in [5.74, 6) is 1.89. The van der Waals surface area contributed by atoms with Crippen LogP contribution in [0.1, 0.15) is 12.0 Å². The van der Waals surface area contributed by atoms with Crippen molar-refractivity contribution in [1.29, 1.82) is 0 Å². The molecule has 0 amide bonds. The molecular formula is C18H16N2O. The highest BCUT2D eigenvalue weighted by Crippen LogP contribution is 2.38. The summed E-state index contributed by atoms with van der Waals surface area (Å²) in [5.41, 5.74) is 4.89. The number of benzene rings is 2. The second kappa shape index (κ2) is 4.77. The molecule has 0 atom stereocenters. The van der Waals surface area contributed by atoms with Crippen LogP contribution in [0.25, 0.3) is 22.0 Å².